The maximum absolute atomic E-state index is 13.3. The zero-order valence-electron chi connectivity index (χ0n) is 25.2. The molecule has 0 aromatic heterocycles. The van der Waals surface area contributed by atoms with Crippen LogP contribution in [0.1, 0.15) is 32.6 Å². The Bertz CT molecular complexity index is 1050. The third-order valence-corrected chi connectivity index (χ3v) is 9.09. The van der Waals surface area contributed by atoms with E-state index in [4.69, 9.17) is 42.3 Å². The lowest BCUT2D eigenvalue weighted by Gasteiger charge is -2.51. The first kappa shape index (κ1) is 34.7. The van der Waals surface area contributed by atoms with Crippen LogP contribution in [0.4, 0.5) is 0 Å². The predicted molar refractivity (Wildman–Crippen MR) is 157 cm³/mol. The van der Waals surface area contributed by atoms with Gasteiger partial charge in [-0.15, -0.1) is 0 Å². The number of likely N-dealkylation sites (N-methyl/N-ethyl adjacent to an activating group) is 1. The summed E-state index contributed by atoms with van der Waals surface area (Å²) in [5, 5.41) is 62.4. The number of hydrogen-bond donors (Lipinski definition) is 12. The molecule has 16 N–H and O–H groups in total. The van der Waals surface area contributed by atoms with Gasteiger partial charge in [-0.2, -0.15) is 0 Å². The molecule has 2 aliphatic carbocycles. The fourth-order valence-electron chi connectivity index (χ4n) is 6.76. The number of aliphatic hydroxyl groups is 5. The zero-order chi connectivity index (χ0) is 32.4. The molecule has 252 valence electrons. The highest BCUT2D eigenvalue weighted by molar-refractivity contribution is 5.87. The monoisotopic (exact) mass is 630 g/mol. The van der Waals surface area contributed by atoms with Crippen LogP contribution in [-0.4, -0.2) is 143 Å². The molecule has 0 spiro atoms. The molecule has 11 atom stereocenters. The summed E-state index contributed by atoms with van der Waals surface area (Å²) in [6.45, 7) is 1.99. The zero-order valence-corrected chi connectivity index (χ0v) is 25.2. The Balaban J connectivity index is 1.56. The van der Waals surface area contributed by atoms with Crippen LogP contribution in [0.2, 0.25) is 0 Å². The number of carbonyl (C=O) groups excluding carboxylic acids is 1. The Morgan fingerprint density at radius 3 is 2.52 bits per heavy atom. The van der Waals surface area contributed by atoms with Gasteiger partial charge in [0.2, 0.25) is 0 Å². The van der Waals surface area contributed by atoms with Gasteiger partial charge in [0.05, 0.1) is 44.0 Å². The van der Waals surface area contributed by atoms with E-state index >= 15 is 0 Å². The minimum atomic E-state index is -1.74. The van der Waals surface area contributed by atoms with E-state index < -0.39 is 83.9 Å². The van der Waals surface area contributed by atoms with Crippen molar-refractivity contribution in [1.82, 2.24) is 16.0 Å². The van der Waals surface area contributed by atoms with Crippen molar-refractivity contribution in [3.8, 4) is 0 Å². The van der Waals surface area contributed by atoms with Crippen molar-refractivity contribution in [1.29, 1.82) is 0 Å². The maximum Gasteiger partial charge on any atom is 0.252 e. The molecule has 0 radical (unpaired) electrons. The van der Waals surface area contributed by atoms with Crippen LogP contribution in [0, 0.1) is 5.92 Å². The van der Waals surface area contributed by atoms with E-state index in [1.807, 2.05) is 6.08 Å². The molecule has 17 heteroatoms. The number of carbonyl (C=O) groups is 1. The minimum Gasteiger partial charge on any atom is -0.492 e. The summed E-state index contributed by atoms with van der Waals surface area (Å²) in [6, 6.07) is -3.39. The Labute approximate surface area is 256 Å². The number of amides is 1. The van der Waals surface area contributed by atoms with Gasteiger partial charge in [0.15, 0.2) is 12.2 Å². The summed E-state index contributed by atoms with van der Waals surface area (Å²) in [5.41, 5.74) is 20.8. The van der Waals surface area contributed by atoms with E-state index in [0.29, 0.717) is 25.3 Å². The second kappa shape index (κ2) is 14.1. The van der Waals surface area contributed by atoms with Crippen molar-refractivity contribution >= 4 is 11.9 Å². The SMILES string of the molecule is CN[C@@H]1[C@@H](O)[C@@H](O[C@H]2[C@H](NC(=O)C3(O)CC(N=C(N)N)C3)C[C@H](N)C([C@H]3OC(CNCCO)=CC[C@H]3N)[C@@H]2O)OC[C@]1(C)O. The van der Waals surface area contributed by atoms with Gasteiger partial charge in [-0.1, -0.05) is 0 Å². The first-order valence-electron chi connectivity index (χ1n) is 15.0. The highest BCUT2D eigenvalue weighted by atomic mass is 16.7. The number of hydrogen-bond acceptors (Lipinski definition) is 14. The molecule has 3 fully saturated rings. The van der Waals surface area contributed by atoms with Crippen molar-refractivity contribution in [2.75, 3.05) is 33.4 Å². The lowest BCUT2D eigenvalue weighted by molar-refractivity contribution is -0.297. The maximum atomic E-state index is 13.3. The number of nitrogens with one attached hydrogen (secondary N) is 3. The molecule has 1 unspecified atom stereocenters. The Morgan fingerprint density at radius 1 is 1.18 bits per heavy atom. The van der Waals surface area contributed by atoms with Gasteiger partial charge < -0.3 is 78.6 Å². The summed E-state index contributed by atoms with van der Waals surface area (Å²) in [6.07, 6.45) is -3.51. The smallest absolute Gasteiger partial charge is 0.252 e. The standard InChI is InChI=1S/C27H50N8O9/c1-26(40)11-42-23(19(38)22(26)32-2)44-21-16(35-24(39)27(41)8-12(9-27)34-25(30)31)7-15(29)17(18(21)37)20-14(28)4-3-13(43-20)10-33-5-6-36/h3,12,14-23,32-33,36-38,40-41H,4-11,28-29H2,1-2H3,(H,35,39)(H4,30,31,34)/t12?,14-,15+,16-,17?,18+,19-,20+,21+,22-,23-,26+,27?/m1/s1. The van der Waals surface area contributed by atoms with Gasteiger partial charge >= 0.3 is 0 Å². The van der Waals surface area contributed by atoms with Crippen molar-refractivity contribution in [3.05, 3.63) is 11.8 Å². The third-order valence-electron chi connectivity index (χ3n) is 9.09. The van der Waals surface area contributed by atoms with Crippen molar-refractivity contribution in [2.24, 2.45) is 33.8 Å². The number of nitrogens with two attached hydrogens (primary N) is 4. The van der Waals surface area contributed by atoms with E-state index in [-0.39, 0.29) is 38.4 Å². The van der Waals surface area contributed by atoms with Gasteiger partial charge in [-0.25, -0.2) is 0 Å². The van der Waals surface area contributed by atoms with Gasteiger partial charge in [-0.05, 0) is 32.9 Å². The molecular weight excluding hydrogens is 580 g/mol. The molecule has 44 heavy (non-hydrogen) atoms. The van der Waals surface area contributed by atoms with Crippen molar-refractivity contribution in [3.63, 3.8) is 0 Å². The fraction of sp³-hybridized carbons (Fsp3) is 0.852. The van der Waals surface area contributed by atoms with Crippen LogP contribution < -0.4 is 38.9 Å². The minimum absolute atomic E-state index is 0.000211. The molecule has 1 saturated heterocycles. The third kappa shape index (κ3) is 7.45. The molecule has 2 aliphatic heterocycles. The van der Waals surface area contributed by atoms with Crippen LogP contribution >= 0.6 is 0 Å². The van der Waals surface area contributed by atoms with Gasteiger partial charge in [0.25, 0.3) is 5.91 Å². The second-order valence-corrected chi connectivity index (χ2v) is 12.6. The van der Waals surface area contributed by atoms with Crippen molar-refractivity contribution < 1.29 is 44.5 Å². The van der Waals surface area contributed by atoms with Gasteiger partial charge in [0, 0.05) is 37.4 Å². The van der Waals surface area contributed by atoms with Crippen LogP contribution in [0.15, 0.2) is 16.8 Å². The van der Waals surface area contributed by atoms with Gasteiger partial charge in [-0.3, -0.25) is 9.79 Å². The van der Waals surface area contributed by atoms with Crippen LogP contribution in [-0.2, 0) is 19.0 Å². The molecule has 4 rings (SSSR count). The van der Waals surface area contributed by atoms with Gasteiger partial charge in [0.1, 0.15) is 35.3 Å². The number of nitrogens with zero attached hydrogens (tertiary/aromatic N) is 1. The van der Waals surface area contributed by atoms with E-state index in [9.17, 15) is 25.2 Å². The lowest BCUT2D eigenvalue weighted by atomic mass is 9.71. The molecule has 2 heterocycles. The Kier molecular flexibility index (Phi) is 11.1. The summed E-state index contributed by atoms with van der Waals surface area (Å²) in [7, 11) is 1.58. The van der Waals surface area contributed by atoms with E-state index in [2.05, 4.69) is 20.9 Å². The molecule has 2 saturated carbocycles. The summed E-state index contributed by atoms with van der Waals surface area (Å²) in [4.78, 5) is 17.3. The molecule has 0 aromatic carbocycles. The van der Waals surface area contributed by atoms with Crippen LogP contribution in [0.5, 0.6) is 0 Å². The highest BCUT2D eigenvalue weighted by Gasteiger charge is 2.55. The molecule has 1 amide bonds. The summed E-state index contributed by atoms with van der Waals surface area (Å²) >= 11 is 0. The normalized spacial score (nSPS) is 44.1. The Hall–Kier alpha value is -2.16. The molecule has 4 aliphatic rings. The largest absolute Gasteiger partial charge is 0.492 e. The van der Waals surface area contributed by atoms with E-state index in [1.165, 1.54) is 6.92 Å². The fourth-order valence-corrected chi connectivity index (χ4v) is 6.76. The summed E-state index contributed by atoms with van der Waals surface area (Å²) in [5.74, 6) is -1.02. The summed E-state index contributed by atoms with van der Waals surface area (Å²) < 4.78 is 18.1. The quantitative estimate of drug-likeness (QED) is 0.0575. The van der Waals surface area contributed by atoms with E-state index in [0.717, 1.165) is 0 Å². The second-order valence-electron chi connectivity index (χ2n) is 12.6. The molecule has 0 aromatic rings. The van der Waals surface area contributed by atoms with Crippen molar-refractivity contribution in [2.45, 2.75) is 105 Å². The van der Waals surface area contributed by atoms with E-state index in [1.54, 1.807) is 7.05 Å². The number of aliphatic imine (C=N–C) groups is 1. The molecular formula is C27H50N8O9. The lowest BCUT2D eigenvalue weighted by Crippen LogP contribution is -2.70. The number of rotatable bonds is 11. The number of aliphatic hydroxyl groups excluding tert-OH is 3. The number of ether oxygens (including phenoxy) is 3. The number of guanidine groups is 1. The average Bonchev–Trinajstić information content (AvgIpc) is 2.92. The molecule has 0 bridgehead atoms. The predicted octanol–water partition coefficient (Wildman–Crippen LogP) is -5.63. The topological polar surface area (TPSA) is 298 Å². The molecule has 17 nitrogen and oxygen atoms in total. The first-order chi connectivity index (χ1) is 20.7. The highest BCUT2D eigenvalue weighted by Crippen LogP contribution is 2.38. The average molecular weight is 631 g/mol. The van der Waals surface area contributed by atoms with Crippen LogP contribution in [0.25, 0.3) is 0 Å². The van der Waals surface area contributed by atoms with Crippen LogP contribution in [0.3, 0.4) is 0 Å². The first-order valence-corrected chi connectivity index (χ1v) is 15.0. The Morgan fingerprint density at radius 2 is 1.89 bits per heavy atom.